The van der Waals surface area contributed by atoms with Crippen LogP contribution in [-0.4, -0.2) is 9.78 Å². The summed E-state index contributed by atoms with van der Waals surface area (Å²) in [5.41, 5.74) is 4.89. The van der Waals surface area contributed by atoms with Crippen molar-refractivity contribution in [3.8, 4) is 5.69 Å². The van der Waals surface area contributed by atoms with E-state index in [2.05, 4.69) is 45.4 Å². The second kappa shape index (κ2) is 3.71. The number of aromatic nitrogens is 2. The molecule has 0 saturated carbocycles. The van der Waals surface area contributed by atoms with Crippen molar-refractivity contribution in [2.45, 2.75) is 20.0 Å². The molecule has 3 rings (SSSR count). The molecule has 0 saturated heterocycles. The molecule has 0 atom stereocenters. The number of aryl methyl sites for hydroxylation is 1. The molecule has 2 aromatic rings. The third-order valence-electron chi connectivity index (χ3n) is 2.96. The highest BCUT2D eigenvalue weighted by Crippen LogP contribution is 2.23. The van der Waals surface area contributed by atoms with Gasteiger partial charge in [0.1, 0.15) is 0 Å². The molecule has 1 aliphatic heterocycles. The van der Waals surface area contributed by atoms with E-state index in [0.29, 0.717) is 0 Å². The van der Waals surface area contributed by atoms with Gasteiger partial charge in [0.15, 0.2) is 0 Å². The maximum absolute atomic E-state index is 4.59. The molecule has 0 aliphatic carbocycles. The summed E-state index contributed by atoms with van der Waals surface area (Å²) in [6.07, 6.45) is 0. The zero-order chi connectivity index (χ0) is 11.1. The Morgan fingerprint density at radius 3 is 2.75 bits per heavy atom. The van der Waals surface area contributed by atoms with Crippen LogP contribution in [-0.2, 0) is 13.1 Å². The first-order valence-corrected chi connectivity index (χ1v) is 6.09. The van der Waals surface area contributed by atoms with Crippen LogP contribution in [0.4, 0.5) is 0 Å². The van der Waals surface area contributed by atoms with Gasteiger partial charge in [0.2, 0.25) is 0 Å². The highest BCUT2D eigenvalue weighted by Gasteiger charge is 2.20. The molecule has 0 spiro atoms. The van der Waals surface area contributed by atoms with Crippen LogP contribution >= 0.6 is 15.9 Å². The fraction of sp³-hybridized carbons (Fsp3) is 0.250. The predicted molar refractivity (Wildman–Crippen MR) is 66.5 cm³/mol. The summed E-state index contributed by atoms with van der Waals surface area (Å²) in [4.78, 5) is 0. The van der Waals surface area contributed by atoms with Gasteiger partial charge in [-0.2, -0.15) is 5.10 Å². The molecule has 1 N–H and O–H groups in total. The number of rotatable bonds is 1. The van der Waals surface area contributed by atoms with Crippen molar-refractivity contribution in [2.75, 3.05) is 0 Å². The summed E-state index contributed by atoms with van der Waals surface area (Å²) < 4.78 is 3.13. The van der Waals surface area contributed by atoms with Crippen molar-refractivity contribution in [3.63, 3.8) is 0 Å². The largest absolute Gasteiger partial charge is 0.307 e. The molecule has 82 valence electrons. The molecule has 1 aromatic carbocycles. The van der Waals surface area contributed by atoms with Crippen LogP contribution in [0, 0.1) is 6.92 Å². The summed E-state index contributed by atoms with van der Waals surface area (Å²) in [5, 5.41) is 7.95. The average molecular weight is 278 g/mol. The van der Waals surface area contributed by atoms with Crippen LogP contribution in [0.2, 0.25) is 0 Å². The number of hydrogen-bond acceptors (Lipinski definition) is 2. The minimum atomic E-state index is 0.909. The van der Waals surface area contributed by atoms with Gasteiger partial charge in [-0.25, -0.2) is 4.68 Å². The lowest BCUT2D eigenvalue weighted by atomic mass is 10.2. The Bertz CT molecular complexity index is 528. The maximum Gasteiger partial charge on any atom is 0.0650 e. The summed E-state index contributed by atoms with van der Waals surface area (Å²) in [5.74, 6) is 0. The molecule has 0 radical (unpaired) electrons. The minimum absolute atomic E-state index is 0.909. The first kappa shape index (κ1) is 10.1. The van der Waals surface area contributed by atoms with E-state index in [-0.39, 0.29) is 0 Å². The number of benzene rings is 1. The number of halogens is 1. The van der Waals surface area contributed by atoms with E-state index in [1.807, 2.05) is 16.8 Å². The third-order valence-corrected chi connectivity index (χ3v) is 3.48. The minimum Gasteiger partial charge on any atom is -0.307 e. The first-order valence-electron chi connectivity index (χ1n) is 5.30. The van der Waals surface area contributed by atoms with E-state index >= 15 is 0 Å². The van der Waals surface area contributed by atoms with Gasteiger partial charge in [0.05, 0.1) is 17.1 Å². The smallest absolute Gasteiger partial charge is 0.0650 e. The quantitative estimate of drug-likeness (QED) is 0.868. The molecule has 16 heavy (non-hydrogen) atoms. The van der Waals surface area contributed by atoms with Crippen molar-refractivity contribution in [3.05, 3.63) is 45.7 Å². The van der Waals surface area contributed by atoms with E-state index < -0.39 is 0 Å². The lowest BCUT2D eigenvalue weighted by Crippen LogP contribution is -2.07. The highest BCUT2D eigenvalue weighted by molar-refractivity contribution is 9.10. The van der Waals surface area contributed by atoms with Gasteiger partial charge >= 0.3 is 0 Å². The third kappa shape index (κ3) is 1.49. The number of nitrogens with zero attached hydrogens (tertiary/aromatic N) is 2. The fourth-order valence-corrected chi connectivity index (χ4v) is 2.38. The fourth-order valence-electron chi connectivity index (χ4n) is 2.12. The molecule has 0 amide bonds. The standard InChI is InChI=1S/C12H12BrN3/c1-8-11-6-14-7-12(11)16(15-8)10-4-2-9(13)3-5-10/h2-5,14H,6-7H2,1H3. The average Bonchev–Trinajstić information content (AvgIpc) is 2.84. The SMILES string of the molecule is Cc1nn(-c2ccc(Br)cc2)c2c1CNC2. The van der Waals surface area contributed by atoms with E-state index in [4.69, 9.17) is 0 Å². The molecule has 2 heterocycles. The summed E-state index contributed by atoms with van der Waals surface area (Å²) in [6, 6.07) is 8.24. The molecular formula is C12H12BrN3. The molecule has 0 fully saturated rings. The van der Waals surface area contributed by atoms with Gasteiger partial charge in [0, 0.05) is 23.1 Å². The van der Waals surface area contributed by atoms with E-state index in [0.717, 1.165) is 28.9 Å². The van der Waals surface area contributed by atoms with Gasteiger partial charge in [0.25, 0.3) is 0 Å². The van der Waals surface area contributed by atoms with Gasteiger partial charge in [-0.05, 0) is 31.2 Å². The van der Waals surface area contributed by atoms with Crippen molar-refractivity contribution in [2.24, 2.45) is 0 Å². The Kier molecular flexibility index (Phi) is 2.33. The van der Waals surface area contributed by atoms with Gasteiger partial charge < -0.3 is 5.32 Å². The second-order valence-corrected chi connectivity index (χ2v) is 4.92. The zero-order valence-corrected chi connectivity index (χ0v) is 10.6. The maximum atomic E-state index is 4.59. The lowest BCUT2D eigenvalue weighted by Gasteiger charge is -2.05. The zero-order valence-electron chi connectivity index (χ0n) is 9.00. The van der Waals surface area contributed by atoms with Crippen molar-refractivity contribution >= 4 is 15.9 Å². The van der Waals surface area contributed by atoms with E-state index in [9.17, 15) is 0 Å². The normalized spacial score (nSPS) is 14.1. The molecule has 3 nitrogen and oxygen atoms in total. The van der Waals surface area contributed by atoms with Gasteiger partial charge in [-0.15, -0.1) is 0 Å². The van der Waals surface area contributed by atoms with Crippen molar-refractivity contribution in [1.29, 1.82) is 0 Å². The van der Waals surface area contributed by atoms with Gasteiger partial charge in [-0.3, -0.25) is 0 Å². The Morgan fingerprint density at radius 1 is 1.25 bits per heavy atom. The Hall–Kier alpha value is -1.13. The van der Waals surface area contributed by atoms with Crippen molar-refractivity contribution in [1.82, 2.24) is 15.1 Å². The first-order chi connectivity index (χ1) is 7.75. The monoisotopic (exact) mass is 277 g/mol. The summed E-state index contributed by atoms with van der Waals surface area (Å²) in [6.45, 7) is 3.92. The van der Waals surface area contributed by atoms with Crippen LogP contribution in [0.1, 0.15) is 17.0 Å². The predicted octanol–water partition coefficient (Wildman–Crippen LogP) is 2.55. The molecule has 4 heteroatoms. The Labute approximate surface area is 103 Å². The summed E-state index contributed by atoms with van der Waals surface area (Å²) >= 11 is 3.44. The number of fused-ring (bicyclic) bond motifs is 1. The van der Waals surface area contributed by atoms with Crippen LogP contribution in [0.3, 0.4) is 0 Å². The number of nitrogens with one attached hydrogen (secondary N) is 1. The highest BCUT2D eigenvalue weighted by atomic mass is 79.9. The second-order valence-electron chi connectivity index (χ2n) is 4.00. The Balaban J connectivity index is 2.13. The summed E-state index contributed by atoms with van der Waals surface area (Å²) in [7, 11) is 0. The molecule has 0 unspecified atom stereocenters. The topological polar surface area (TPSA) is 29.9 Å². The molecular weight excluding hydrogens is 266 g/mol. The van der Waals surface area contributed by atoms with E-state index in [1.165, 1.54) is 11.3 Å². The Morgan fingerprint density at radius 2 is 2.00 bits per heavy atom. The van der Waals surface area contributed by atoms with Gasteiger partial charge in [-0.1, -0.05) is 15.9 Å². The van der Waals surface area contributed by atoms with Crippen LogP contribution in [0.15, 0.2) is 28.7 Å². The van der Waals surface area contributed by atoms with Crippen LogP contribution in [0.5, 0.6) is 0 Å². The van der Waals surface area contributed by atoms with Crippen LogP contribution < -0.4 is 5.32 Å². The number of hydrogen-bond donors (Lipinski definition) is 1. The molecule has 1 aromatic heterocycles. The van der Waals surface area contributed by atoms with Crippen molar-refractivity contribution < 1.29 is 0 Å². The molecule has 0 bridgehead atoms. The molecule has 1 aliphatic rings. The van der Waals surface area contributed by atoms with E-state index in [1.54, 1.807) is 0 Å². The lowest BCUT2D eigenvalue weighted by molar-refractivity contribution is 0.704. The van der Waals surface area contributed by atoms with Crippen LogP contribution in [0.25, 0.3) is 5.69 Å².